The van der Waals surface area contributed by atoms with Gasteiger partial charge in [-0.15, -0.1) is 16.4 Å². The molecule has 0 aliphatic rings. The third-order valence-electron chi connectivity index (χ3n) is 7.45. The average molecular weight is 592 g/mol. The molecule has 0 atom stereocenters. The molecule has 7 rings (SSSR count). The van der Waals surface area contributed by atoms with Gasteiger partial charge in [-0.2, -0.15) is 0 Å². The summed E-state index contributed by atoms with van der Waals surface area (Å²) in [5.74, 6) is 1.45. The molecule has 0 radical (unpaired) electrons. The Balaban J connectivity index is 1.32. The standard InChI is InChI=1S/C37H29N5OS/c1-25-9-8-12-30(23-25)42-34(28-17-15-26(16-18-28)27-19-21-31(43-2)22-20-27)24-44-37(42)41-40-36-35(29-10-4-3-5-11-29)38-32-13-6-7-14-33(32)39-36/h3-24H,1-2H3,(H,39,40)/b41-37+. The highest BCUT2D eigenvalue weighted by molar-refractivity contribution is 7.07. The molecule has 7 heteroatoms. The van der Waals surface area contributed by atoms with E-state index < -0.39 is 0 Å². The smallest absolute Gasteiger partial charge is 0.213 e. The van der Waals surface area contributed by atoms with E-state index in [0.717, 1.165) is 60.9 Å². The molecular weight excluding hydrogens is 563 g/mol. The van der Waals surface area contributed by atoms with Crippen LogP contribution in [-0.4, -0.2) is 21.6 Å². The Hall–Kier alpha value is -5.53. The Labute approximate surface area is 259 Å². The van der Waals surface area contributed by atoms with Gasteiger partial charge in [0.1, 0.15) is 11.4 Å². The number of nitrogens with zero attached hydrogens (tertiary/aromatic N) is 4. The number of aryl methyl sites for hydroxylation is 1. The number of hydrogen-bond acceptors (Lipinski definition) is 6. The number of nitrogens with one attached hydrogen (secondary N) is 1. The number of methoxy groups -OCH3 is 1. The van der Waals surface area contributed by atoms with E-state index in [1.54, 1.807) is 18.4 Å². The van der Waals surface area contributed by atoms with Gasteiger partial charge in [-0.1, -0.05) is 91.0 Å². The number of fused-ring (bicyclic) bond motifs is 1. The molecule has 44 heavy (non-hydrogen) atoms. The van der Waals surface area contributed by atoms with E-state index in [9.17, 15) is 0 Å². The molecule has 214 valence electrons. The van der Waals surface area contributed by atoms with Gasteiger partial charge in [-0.05, 0) is 65.6 Å². The van der Waals surface area contributed by atoms with Crippen LogP contribution in [-0.2, 0) is 0 Å². The maximum atomic E-state index is 5.32. The van der Waals surface area contributed by atoms with Crippen molar-refractivity contribution in [3.8, 4) is 45.1 Å². The van der Waals surface area contributed by atoms with E-state index in [-0.39, 0.29) is 0 Å². The van der Waals surface area contributed by atoms with E-state index in [1.807, 2.05) is 66.7 Å². The van der Waals surface area contributed by atoms with Gasteiger partial charge in [0.25, 0.3) is 0 Å². The largest absolute Gasteiger partial charge is 0.497 e. The van der Waals surface area contributed by atoms with Crippen molar-refractivity contribution in [1.82, 2.24) is 14.5 Å². The minimum absolute atomic E-state index is 0.601. The summed E-state index contributed by atoms with van der Waals surface area (Å²) in [6, 6.07) is 43.2. The van der Waals surface area contributed by atoms with E-state index in [4.69, 9.17) is 19.8 Å². The van der Waals surface area contributed by atoms with Crippen LogP contribution >= 0.6 is 11.3 Å². The molecular formula is C37H29N5OS. The first-order valence-electron chi connectivity index (χ1n) is 14.3. The highest BCUT2D eigenvalue weighted by Gasteiger charge is 2.14. The Morgan fingerprint density at radius 1 is 0.682 bits per heavy atom. The van der Waals surface area contributed by atoms with E-state index in [1.165, 1.54) is 5.56 Å². The van der Waals surface area contributed by atoms with Crippen molar-refractivity contribution in [2.45, 2.75) is 6.92 Å². The highest BCUT2D eigenvalue weighted by Crippen LogP contribution is 2.29. The minimum Gasteiger partial charge on any atom is -0.497 e. The van der Waals surface area contributed by atoms with Gasteiger partial charge in [0.05, 0.1) is 23.8 Å². The molecule has 0 fully saturated rings. The Morgan fingerprint density at radius 3 is 2.05 bits per heavy atom. The average Bonchev–Trinajstić information content (AvgIpc) is 3.51. The molecule has 7 aromatic rings. The fourth-order valence-electron chi connectivity index (χ4n) is 5.20. The Kier molecular flexibility index (Phi) is 7.44. The van der Waals surface area contributed by atoms with Gasteiger partial charge >= 0.3 is 0 Å². The zero-order valence-electron chi connectivity index (χ0n) is 24.3. The summed E-state index contributed by atoms with van der Waals surface area (Å²) in [5.41, 5.74) is 13.3. The molecule has 6 nitrogen and oxygen atoms in total. The van der Waals surface area contributed by atoms with Crippen molar-refractivity contribution in [2.75, 3.05) is 12.5 Å². The molecule has 0 bridgehead atoms. The lowest BCUT2D eigenvalue weighted by atomic mass is 10.0. The molecule has 0 spiro atoms. The number of ether oxygens (including phenoxy) is 1. The number of thiazole rings is 1. The van der Waals surface area contributed by atoms with Crippen LogP contribution in [0.5, 0.6) is 5.75 Å². The monoisotopic (exact) mass is 591 g/mol. The second kappa shape index (κ2) is 12.0. The van der Waals surface area contributed by atoms with Crippen molar-refractivity contribution in [1.29, 1.82) is 0 Å². The molecule has 0 saturated heterocycles. The fraction of sp³-hybridized carbons (Fsp3) is 0.0541. The summed E-state index contributed by atoms with van der Waals surface area (Å²) in [5, 5.41) is 7.07. The van der Waals surface area contributed by atoms with Crippen molar-refractivity contribution in [3.05, 3.63) is 143 Å². The van der Waals surface area contributed by atoms with Gasteiger partial charge < -0.3 is 4.74 Å². The predicted molar refractivity (Wildman–Crippen MR) is 180 cm³/mol. The number of benzene rings is 5. The number of aromatic nitrogens is 3. The maximum absolute atomic E-state index is 5.32. The van der Waals surface area contributed by atoms with Crippen molar-refractivity contribution >= 4 is 28.2 Å². The summed E-state index contributed by atoms with van der Waals surface area (Å²) in [7, 11) is 1.68. The summed E-state index contributed by atoms with van der Waals surface area (Å²) in [6.45, 7) is 2.10. The van der Waals surface area contributed by atoms with Crippen molar-refractivity contribution in [3.63, 3.8) is 0 Å². The predicted octanol–water partition coefficient (Wildman–Crippen LogP) is 8.73. The number of para-hydroxylation sites is 2. The van der Waals surface area contributed by atoms with Crippen LogP contribution in [0, 0.1) is 6.92 Å². The van der Waals surface area contributed by atoms with Gasteiger partial charge in [-0.25, -0.2) is 9.97 Å². The molecule has 0 saturated carbocycles. The van der Waals surface area contributed by atoms with Gasteiger partial charge in [0, 0.05) is 16.6 Å². The second-order valence-corrected chi connectivity index (χ2v) is 11.2. The van der Waals surface area contributed by atoms with Crippen molar-refractivity contribution in [2.24, 2.45) is 5.10 Å². The molecule has 0 aliphatic heterocycles. The topological polar surface area (TPSA) is 64.3 Å². The van der Waals surface area contributed by atoms with E-state index in [2.05, 4.69) is 83.0 Å². The van der Waals surface area contributed by atoms with Crippen molar-refractivity contribution < 1.29 is 4.74 Å². The lowest BCUT2D eigenvalue weighted by Crippen LogP contribution is -2.16. The first-order chi connectivity index (χ1) is 21.7. The van der Waals surface area contributed by atoms with Crippen LogP contribution in [0.1, 0.15) is 5.56 Å². The molecule has 0 amide bonds. The lowest BCUT2D eigenvalue weighted by Gasteiger charge is -2.12. The third-order valence-corrected chi connectivity index (χ3v) is 8.27. The highest BCUT2D eigenvalue weighted by atomic mass is 32.1. The molecule has 2 heterocycles. The van der Waals surface area contributed by atoms with Gasteiger partial charge in [-0.3, -0.25) is 9.99 Å². The Morgan fingerprint density at radius 2 is 1.34 bits per heavy atom. The van der Waals surface area contributed by atoms with Crippen LogP contribution in [0.4, 0.5) is 5.82 Å². The first kappa shape index (κ1) is 27.3. The molecule has 5 aromatic carbocycles. The van der Waals surface area contributed by atoms with Crippen LogP contribution in [0.2, 0.25) is 0 Å². The van der Waals surface area contributed by atoms with E-state index in [0.29, 0.717) is 5.82 Å². The number of anilines is 1. The zero-order chi connectivity index (χ0) is 29.9. The van der Waals surface area contributed by atoms with Crippen LogP contribution in [0.15, 0.2) is 138 Å². The number of hydrogen-bond donors (Lipinski definition) is 1. The number of rotatable bonds is 7. The maximum Gasteiger partial charge on any atom is 0.213 e. The summed E-state index contributed by atoms with van der Waals surface area (Å²) in [4.78, 5) is 10.7. The second-order valence-electron chi connectivity index (χ2n) is 10.4. The molecule has 1 N–H and O–H groups in total. The summed E-state index contributed by atoms with van der Waals surface area (Å²) >= 11 is 1.57. The van der Waals surface area contributed by atoms with Gasteiger partial charge in [0.15, 0.2) is 5.82 Å². The third kappa shape index (κ3) is 5.48. The lowest BCUT2D eigenvalue weighted by molar-refractivity contribution is 0.415. The normalized spacial score (nSPS) is 11.5. The summed E-state index contributed by atoms with van der Waals surface area (Å²) in [6.07, 6.45) is 0. The fourth-order valence-corrected chi connectivity index (χ4v) is 6.07. The minimum atomic E-state index is 0.601. The molecule has 0 aliphatic carbocycles. The van der Waals surface area contributed by atoms with E-state index >= 15 is 0 Å². The summed E-state index contributed by atoms with van der Waals surface area (Å²) < 4.78 is 7.51. The zero-order valence-corrected chi connectivity index (χ0v) is 25.1. The Bertz CT molecular complexity index is 2130. The molecule has 2 aromatic heterocycles. The molecule has 0 unspecified atom stereocenters. The SMILES string of the molecule is COc1ccc(-c2ccc(-c3cs/c(=N/Nc4nc5ccccc5nc4-c4ccccc4)n3-c3cccc(C)c3)cc2)cc1. The van der Waals surface area contributed by atoms with Gasteiger partial charge in [0.2, 0.25) is 4.80 Å². The van der Waals surface area contributed by atoms with Crippen LogP contribution in [0.3, 0.4) is 0 Å². The van der Waals surface area contributed by atoms with Crippen LogP contribution < -0.4 is 15.0 Å². The van der Waals surface area contributed by atoms with Crippen LogP contribution in [0.25, 0.3) is 50.4 Å². The quantitative estimate of drug-likeness (QED) is 0.188. The first-order valence-corrected chi connectivity index (χ1v) is 15.2.